The summed E-state index contributed by atoms with van der Waals surface area (Å²) in [5.74, 6) is -0.605. The van der Waals surface area contributed by atoms with Crippen LogP contribution < -0.4 is 5.32 Å². The minimum Gasteiger partial charge on any atom is -0.481 e. The molecule has 1 aliphatic rings. The third-order valence-electron chi connectivity index (χ3n) is 3.21. The fourth-order valence-electron chi connectivity index (χ4n) is 2.23. The molecule has 1 heterocycles. The minimum atomic E-state index is -0.761. The van der Waals surface area contributed by atoms with Crippen molar-refractivity contribution in [2.24, 2.45) is 5.92 Å². The zero-order valence-corrected chi connectivity index (χ0v) is 12.8. The second-order valence-corrected chi connectivity index (χ2v) is 6.59. The van der Waals surface area contributed by atoms with Crippen LogP contribution in [-0.4, -0.2) is 35.8 Å². The molecule has 20 heavy (non-hydrogen) atoms. The molecule has 0 amide bonds. The number of carboxylic acid groups (broad SMARTS) is 1. The highest BCUT2D eigenvalue weighted by molar-refractivity contribution is 7.15. The van der Waals surface area contributed by atoms with Crippen LogP contribution in [0.25, 0.3) is 0 Å². The minimum absolute atomic E-state index is 0.411. The van der Waals surface area contributed by atoms with E-state index in [9.17, 15) is 4.79 Å². The lowest BCUT2D eigenvalue weighted by molar-refractivity contribution is -0.138. The maximum absolute atomic E-state index is 11.1. The van der Waals surface area contributed by atoms with Gasteiger partial charge in [-0.1, -0.05) is 13.8 Å². The van der Waals surface area contributed by atoms with Crippen LogP contribution in [0.5, 0.6) is 0 Å². The number of ether oxygens (including phenoxy) is 1. The van der Waals surface area contributed by atoms with Gasteiger partial charge in [0.1, 0.15) is 5.92 Å². The standard InChI is InChI=1S/C14H22N2O3S/c1-9(2)8-19-7-3-6-15-14-16-12-10(13(17)18)4-5-11(12)20-14/h9-10H,3-8H2,1-2H3,(H,15,16)(H,17,18). The van der Waals surface area contributed by atoms with Gasteiger partial charge in [-0.05, 0) is 25.2 Å². The summed E-state index contributed by atoms with van der Waals surface area (Å²) < 4.78 is 5.51. The Hall–Kier alpha value is -1.14. The first-order chi connectivity index (χ1) is 9.58. The number of nitrogens with zero attached hydrogens (tertiary/aromatic N) is 1. The molecule has 2 N–H and O–H groups in total. The molecule has 0 aliphatic heterocycles. The summed E-state index contributed by atoms with van der Waals surface area (Å²) in [6, 6.07) is 0. The molecule has 0 bridgehead atoms. The molecule has 0 fully saturated rings. The monoisotopic (exact) mass is 298 g/mol. The van der Waals surface area contributed by atoms with E-state index in [1.807, 2.05) is 0 Å². The van der Waals surface area contributed by atoms with Crippen molar-refractivity contribution in [2.45, 2.75) is 39.0 Å². The molecule has 1 atom stereocenters. The van der Waals surface area contributed by atoms with Gasteiger partial charge < -0.3 is 15.2 Å². The quantitative estimate of drug-likeness (QED) is 0.722. The van der Waals surface area contributed by atoms with Gasteiger partial charge in [0, 0.05) is 24.6 Å². The summed E-state index contributed by atoms with van der Waals surface area (Å²) in [6.45, 7) is 6.62. The molecule has 1 aliphatic carbocycles. The first-order valence-electron chi connectivity index (χ1n) is 7.12. The zero-order valence-electron chi connectivity index (χ0n) is 12.0. The van der Waals surface area contributed by atoms with Crippen molar-refractivity contribution in [3.8, 4) is 0 Å². The molecule has 112 valence electrons. The summed E-state index contributed by atoms with van der Waals surface area (Å²) in [6.07, 6.45) is 2.45. The van der Waals surface area contributed by atoms with Crippen LogP contribution in [-0.2, 0) is 16.0 Å². The Labute approximate surface area is 123 Å². The van der Waals surface area contributed by atoms with Crippen LogP contribution in [0.3, 0.4) is 0 Å². The molecule has 0 aromatic carbocycles. The highest BCUT2D eigenvalue weighted by Crippen LogP contribution is 2.38. The van der Waals surface area contributed by atoms with Crippen LogP contribution in [0.15, 0.2) is 0 Å². The van der Waals surface area contributed by atoms with Gasteiger partial charge in [0.2, 0.25) is 0 Å². The molecule has 0 saturated heterocycles. The number of aliphatic carboxylic acids is 1. The molecule has 1 unspecified atom stereocenters. The van der Waals surface area contributed by atoms with Crippen LogP contribution in [0, 0.1) is 5.92 Å². The third kappa shape index (κ3) is 3.93. The van der Waals surface area contributed by atoms with Crippen LogP contribution in [0.4, 0.5) is 5.13 Å². The van der Waals surface area contributed by atoms with Crippen molar-refractivity contribution in [1.29, 1.82) is 0 Å². The van der Waals surface area contributed by atoms with E-state index in [2.05, 4.69) is 24.1 Å². The van der Waals surface area contributed by atoms with E-state index in [-0.39, 0.29) is 0 Å². The average Bonchev–Trinajstić information content (AvgIpc) is 2.92. The van der Waals surface area contributed by atoms with Crippen molar-refractivity contribution >= 4 is 22.4 Å². The van der Waals surface area contributed by atoms with Gasteiger partial charge in [0.25, 0.3) is 0 Å². The van der Waals surface area contributed by atoms with Gasteiger partial charge in [-0.15, -0.1) is 11.3 Å². The maximum atomic E-state index is 11.1. The Balaban J connectivity index is 1.73. The topological polar surface area (TPSA) is 71.5 Å². The lowest BCUT2D eigenvalue weighted by atomic mass is 10.1. The molecule has 2 rings (SSSR count). The molecule has 0 radical (unpaired) electrons. The van der Waals surface area contributed by atoms with Gasteiger partial charge >= 0.3 is 5.97 Å². The summed E-state index contributed by atoms with van der Waals surface area (Å²) in [5, 5.41) is 13.2. The van der Waals surface area contributed by atoms with Gasteiger partial charge in [0.15, 0.2) is 5.13 Å². The summed E-state index contributed by atoms with van der Waals surface area (Å²) in [4.78, 5) is 16.6. The smallest absolute Gasteiger partial charge is 0.312 e. The Bertz CT molecular complexity index is 459. The Morgan fingerprint density at radius 2 is 2.40 bits per heavy atom. The van der Waals surface area contributed by atoms with Crippen LogP contribution in [0.1, 0.15) is 43.2 Å². The molecular weight excluding hydrogens is 276 g/mol. The summed E-state index contributed by atoms with van der Waals surface area (Å²) in [7, 11) is 0. The number of carboxylic acids is 1. The van der Waals surface area contributed by atoms with Gasteiger partial charge in [-0.2, -0.15) is 0 Å². The number of anilines is 1. The largest absolute Gasteiger partial charge is 0.481 e. The van der Waals surface area contributed by atoms with Crippen molar-refractivity contribution < 1.29 is 14.6 Å². The number of aromatic nitrogens is 1. The normalized spacial score (nSPS) is 17.4. The van der Waals surface area contributed by atoms with Crippen molar-refractivity contribution in [3.63, 3.8) is 0 Å². The van der Waals surface area contributed by atoms with E-state index in [4.69, 9.17) is 9.84 Å². The fourth-order valence-corrected chi connectivity index (χ4v) is 3.30. The number of hydrogen-bond acceptors (Lipinski definition) is 5. The second kappa shape index (κ2) is 7.04. The molecule has 5 nitrogen and oxygen atoms in total. The predicted octanol–water partition coefficient (Wildman–Crippen LogP) is 2.73. The van der Waals surface area contributed by atoms with E-state index in [0.717, 1.165) is 48.3 Å². The SMILES string of the molecule is CC(C)COCCCNc1nc2c(s1)CCC2C(=O)O. The number of rotatable bonds is 8. The van der Waals surface area contributed by atoms with Crippen molar-refractivity contribution in [1.82, 2.24) is 4.98 Å². The molecular formula is C14H22N2O3S. The van der Waals surface area contributed by atoms with Crippen LogP contribution >= 0.6 is 11.3 Å². The average molecular weight is 298 g/mol. The van der Waals surface area contributed by atoms with E-state index < -0.39 is 11.9 Å². The molecule has 6 heteroatoms. The number of hydrogen-bond donors (Lipinski definition) is 2. The lowest BCUT2D eigenvalue weighted by Crippen LogP contribution is -2.10. The molecule has 1 aromatic rings. The van der Waals surface area contributed by atoms with Gasteiger partial charge in [0.05, 0.1) is 5.69 Å². The first-order valence-corrected chi connectivity index (χ1v) is 7.93. The lowest BCUT2D eigenvalue weighted by Gasteiger charge is -2.07. The first kappa shape index (κ1) is 15.3. The van der Waals surface area contributed by atoms with Crippen molar-refractivity contribution in [3.05, 3.63) is 10.6 Å². The third-order valence-corrected chi connectivity index (χ3v) is 4.30. The van der Waals surface area contributed by atoms with E-state index in [0.29, 0.717) is 12.3 Å². The van der Waals surface area contributed by atoms with E-state index in [1.165, 1.54) is 0 Å². The van der Waals surface area contributed by atoms with Gasteiger partial charge in [-0.3, -0.25) is 4.79 Å². The Kier molecular flexibility index (Phi) is 5.37. The highest BCUT2D eigenvalue weighted by Gasteiger charge is 2.32. The second-order valence-electron chi connectivity index (χ2n) is 5.51. The number of aryl methyl sites for hydroxylation is 1. The van der Waals surface area contributed by atoms with Crippen molar-refractivity contribution in [2.75, 3.05) is 25.1 Å². The molecule has 1 aromatic heterocycles. The highest BCUT2D eigenvalue weighted by atomic mass is 32.1. The van der Waals surface area contributed by atoms with E-state index in [1.54, 1.807) is 11.3 Å². The number of nitrogens with one attached hydrogen (secondary N) is 1. The number of carbonyl (C=O) groups is 1. The molecule has 0 spiro atoms. The number of fused-ring (bicyclic) bond motifs is 1. The maximum Gasteiger partial charge on any atom is 0.312 e. The summed E-state index contributed by atoms with van der Waals surface area (Å²) >= 11 is 1.59. The van der Waals surface area contributed by atoms with E-state index >= 15 is 0 Å². The zero-order chi connectivity index (χ0) is 14.5. The fraction of sp³-hybridized carbons (Fsp3) is 0.714. The Morgan fingerprint density at radius 3 is 3.10 bits per heavy atom. The van der Waals surface area contributed by atoms with Crippen LogP contribution in [0.2, 0.25) is 0 Å². The molecule has 0 saturated carbocycles. The predicted molar refractivity (Wildman–Crippen MR) is 79.6 cm³/mol. The number of thiazole rings is 1. The Morgan fingerprint density at radius 1 is 1.60 bits per heavy atom. The summed E-state index contributed by atoms with van der Waals surface area (Å²) in [5.41, 5.74) is 0.765. The van der Waals surface area contributed by atoms with Gasteiger partial charge in [-0.25, -0.2) is 4.98 Å².